The molecule has 0 amide bonds. The molecule has 5 heteroatoms. The highest BCUT2D eigenvalue weighted by atomic mass is 16.5. The number of nitriles is 1. The molecule has 1 aromatic rings. The highest BCUT2D eigenvalue weighted by Crippen LogP contribution is 2.29. The molecule has 0 aliphatic carbocycles. The number of methoxy groups -OCH3 is 1. The quantitative estimate of drug-likeness (QED) is 0.449. The fourth-order valence-corrected chi connectivity index (χ4v) is 1.13. The second-order valence-corrected chi connectivity index (χ2v) is 2.60. The minimum absolute atomic E-state index is 0.0498. The molecule has 0 aliphatic rings. The second kappa shape index (κ2) is 5.50. The fourth-order valence-electron chi connectivity index (χ4n) is 1.13. The van der Waals surface area contributed by atoms with Crippen LogP contribution in [-0.4, -0.2) is 19.9 Å². The first kappa shape index (κ1) is 10.9. The Labute approximate surface area is 87.7 Å². The lowest BCUT2D eigenvalue weighted by Gasteiger charge is -2.10. The Kier molecular flexibility index (Phi) is 3.98. The molecule has 1 aromatic carbocycles. The van der Waals surface area contributed by atoms with Gasteiger partial charge in [-0.05, 0) is 12.1 Å². The number of hydrogen-bond acceptors (Lipinski definition) is 5. The molecule has 0 bridgehead atoms. The molecule has 0 saturated heterocycles. The molecule has 0 aromatic heterocycles. The van der Waals surface area contributed by atoms with E-state index in [1.54, 1.807) is 18.2 Å². The average molecular weight is 205 g/mol. The van der Waals surface area contributed by atoms with Gasteiger partial charge in [0, 0.05) is 5.56 Å². The SMILES string of the molecule is COc1cccc(C=NN)c1OCC#N. The number of hydrogen-bond donors (Lipinski definition) is 1. The molecule has 1 rings (SSSR count). The van der Waals surface area contributed by atoms with Crippen molar-refractivity contribution in [2.75, 3.05) is 13.7 Å². The molecule has 0 aliphatic heterocycles. The van der Waals surface area contributed by atoms with Gasteiger partial charge in [-0.25, -0.2) is 0 Å². The van der Waals surface area contributed by atoms with Gasteiger partial charge in [-0.2, -0.15) is 10.4 Å². The number of para-hydroxylation sites is 1. The molecule has 78 valence electrons. The lowest BCUT2D eigenvalue weighted by molar-refractivity contribution is 0.329. The zero-order valence-corrected chi connectivity index (χ0v) is 8.30. The molecular formula is C10H11N3O2. The third-order valence-electron chi connectivity index (χ3n) is 1.72. The van der Waals surface area contributed by atoms with E-state index in [0.717, 1.165) is 0 Å². The molecular weight excluding hydrogens is 194 g/mol. The van der Waals surface area contributed by atoms with E-state index in [1.807, 2.05) is 6.07 Å². The van der Waals surface area contributed by atoms with Gasteiger partial charge in [0.1, 0.15) is 6.07 Å². The van der Waals surface area contributed by atoms with Crippen molar-refractivity contribution < 1.29 is 9.47 Å². The van der Waals surface area contributed by atoms with Crippen LogP contribution >= 0.6 is 0 Å². The van der Waals surface area contributed by atoms with Crippen molar-refractivity contribution in [2.45, 2.75) is 0 Å². The molecule has 0 spiro atoms. The lowest BCUT2D eigenvalue weighted by atomic mass is 10.2. The van der Waals surface area contributed by atoms with Crippen molar-refractivity contribution in [2.24, 2.45) is 10.9 Å². The van der Waals surface area contributed by atoms with E-state index in [2.05, 4.69) is 5.10 Å². The van der Waals surface area contributed by atoms with Crippen LogP contribution in [0, 0.1) is 11.3 Å². The summed E-state index contributed by atoms with van der Waals surface area (Å²) in [6.45, 7) is -0.0498. The van der Waals surface area contributed by atoms with E-state index >= 15 is 0 Å². The van der Waals surface area contributed by atoms with Crippen molar-refractivity contribution in [3.05, 3.63) is 23.8 Å². The van der Waals surface area contributed by atoms with Crippen LogP contribution in [0.15, 0.2) is 23.3 Å². The summed E-state index contributed by atoms with van der Waals surface area (Å²) in [6, 6.07) is 7.18. The van der Waals surface area contributed by atoms with Crippen molar-refractivity contribution in [3.8, 4) is 17.6 Å². The van der Waals surface area contributed by atoms with Gasteiger partial charge >= 0.3 is 0 Å². The Morgan fingerprint density at radius 2 is 2.40 bits per heavy atom. The summed E-state index contributed by atoms with van der Waals surface area (Å²) in [5.74, 6) is 6.07. The Hall–Kier alpha value is -2.22. The van der Waals surface area contributed by atoms with Crippen LogP contribution in [0.25, 0.3) is 0 Å². The molecule has 0 heterocycles. The minimum Gasteiger partial charge on any atom is -0.493 e. The van der Waals surface area contributed by atoms with E-state index in [4.69, 9.17) is 20.6 Å². The topological polar surface area (TPSA) is 80.6 Å². The normalized spacial score (nSPS) is 9.87. The van der Waals surface area contributed by atoms with Crippen LogP contribution in [0.3, 0.4) is 0 Å². The molecule has 0 radical (unpaired) electrons. The van der Waals surface area contributed by atoms with Crippen LogP contribution in [0.5, 0.6) is 11.5 Å². The first-order valence-electron chi connectivity index (χ1n) is 4.23. The maximum Gasteiger partial charge on any atom is 0.174 e. The van der Waals surface area contributed by atoms with Crippen molar-refractivity contribution in [1.29, 1.82) is 5.26 Å². The molecule has 0 atom stereocenters. The van der Waals surface area contributed by atoms with Gasteiger partial charge < -0.3 is 15.3 Å². The summed E-state index contributed by atoms with van der Waals surface area (Å²) in [7, 11) is 1.53. The van der Waals surface area contributed by atoms with E-state index < -0.39 is 0 Å². The van der Waals surface area contributed by atoms with Crippen molar-refractivity contribution in [3.63, 3.8) is 0 Å². The maximum atomic E-state index is 8.44. The van der Waals surface area contributed by atoms with Gasteiger partial charge in [-0.3, -0.25) is 0 Å². The predicted molar refractivity (Wildman–Crippen MR) is 55.9 cm³/mol. The minimum atomic E-state index is -0.0498. The number of nitrogens with zero attached hydrogens (tertiary/aromatic N) is 2. The van der Waals surface area contributed by atoms with Crippen LogP contribution in [-0.2, 0) is 0 Å². The van der Waals surface area contributed by atoms with Crippen LogP contribution < -0.4 is 15.3 Å². The lowest BCUT2D eigenvalue weighted by Crippen LogP contribution is -2.00. The van der Waals surface area contributed by atoms with Crippen molar-refractivity contribution >= 4 is 6.21 Å². The molecule has 0 unspecified atom stereocenters. The summed E-state index contributed by atoms with van der Waals surface area (Å²) in [4.78, 5) is 0. The molecule has 0 saturated carbocycles. The average Bonchev–Trinajstić information content (AvgIpc) is 2.27. The smallest absolute Gasteiger partial charge is 0.174 e. The van der Waals surface area contributed by atoms with E-state index in [-0.39, 0.29) is 6.61 Å². The number of nitrogens with two attached hydrogens (primary N) is 1. The number of ether oxygens (including phenoxy) is 2. The van der Waals surface area contributed by atoms with Crippen LogP contribution in [0.4, 0.5) is 0 Å². The Morgan fingerprint density at radius 1 is 1.60 bits per heavy atom. The zero-order chi connectivity index (χ0) is 11.1. The summed E-state index contributed by atoms with van der Waals surface area (Å²) in [6.07, 6.45) is 1.44. The highest BCUT2D eigenvalue weighted by Gasteiger charge is 2.08. The van der Waals surface area contributed by atoms with Gasteiger partial charge in [0.05, 0.1) is 13.3 Å². The van der Waals surface area contributed by atoms with E-state index in [1.165, 1.54) is 13.3 Å². The number of benzene rings is 1. The van der Waals surface area contributed by atoms with Crippen LogP contribution in [0.2, 0.25) is 0 Å². The highest BCUT2D eigenvalue weighted by molar-refractivity contribution is 5.84. The second-order valence-electron chi connectivity index (χ2n) is 2.60. The maximum absolute atomic E-state index is 8.44. The van der Waals surface area contributed by atoms with E-state index in [9.17, 15) is 0 Å². The third kappa shape index (κ3) is 2.61. The Bertz CT molecular complexity index is 396. The predicted octanol–water partition coefficient (Wildman–Crippen LogP) is 0.890. The van der Waals surface area contributed by atoms with Gasteiger partial charge in [0.2, 0.25) is 0 Å². The summed E-state index contributed by atoms with van der Waals surface area (Å²) >= 11 is 0. The van der Waals surface area contributed by atoms with Crippen molar-refractivity contribution in [1.82, 2.24) is 0 Å². The Balaban J connectivity index is 3.09. The fraction of sp³-hybridized carbons (Fsp3) is 0.200. The monoisotopic (exact) mass is 205 g/mol. The summed E-state index contributed by atoms with van der Waals surface area (Å²) in [5.41, 5.74) is 0.673. The first-order chi connectivity index (χ1) is 7.33. The van der Waals surface area contributed by atoms with Gasteiger partial charge in [0.15, 0.2) is 18.1 Å². The third-order valence-corrected chi connectivity index (χ3v) is 1.72. The Morgan fingerprint density at radius 3 is 3.00 bits per heavy atom. The van der Waals surface area contributed by atoms with Gasteiger partial charge in [0.25, 0.3) is 0 Å². The molecule has 2 N–H and O–H groups in total. The standard InChI is InChI=1S/C10H11N3O2/c1-14-9-4-2-3-8(7-13-12)10(9)15-6-5-11/h2-4,7H,6,12H2,1H3. The van der Waals surface area contributed by atoms with Crippen LogP contribution in [0.1, 0.15) is 5.56 Å². The van der Waals surface area contributed by atoms with Gasteiger partial charge in [-0.1, -0.05) is 6.07 Å². The number of rotatable bonds is 4. The molecule has 15 heavy (non-hydrogen) atoms. The molecule has 5 nitrogen and oxygen atoms in total. The van der Waals surface area contributed by atoms with Gasteiger partial charge in [-0.15, -0.1) is 0 Å². The molecule has 0 fully saturated rings. The first-order valence-corrected chi connectivity index (χ1v) is 4.23. The summed E-state index contributed by atoms with van der Waals surface area (Å²) in [5, 5.41) is 11.8. The number of hydrazone groups is 1. The summed E-state index contributed by atoms with van der Waals surface area (Å²) < 4.78 is 10.3. The zero-order valence-electron chi connectivity index (χ0n) is 8.30. The largest absolute Gasteiger partial charge is 0.493 e. The van der Waals surface area contributed by atoms with E-state index in [0.29, 0.717) is 17.1 Å².